The number of alkyl halides is 2. The number of fused-ring (bicyclic) bond motifs is 3. The zero-order chi connectivity index (χ0) is 19.8. The minimum absolute atomic E-state index is 0.307. The molecule has 0 saturated carbocycles. The summed E-state index contributed by atoms with van der Waals surface area (Å²) in [6.45, 7) is 6.99. The van der Waals surface area contributed by atoms with E-state index in [0.717, 1.165) is 5.39 Å². The van der Waals surface area contributed by atoms with Crippen molar-refractivity contribution >= 4 is 41.8 Å². The van der Waals surface area contributed by atoms with Crippen molar-refractivity contribution in [3.63, 3.8) is 0 Å². The average molecular weight is 433 g/mol. The molecule has 9 heteroatoms. The molecule has 0 amide bonds. The third kappa shape index (κ3) is 3.92. The minimum atomic E-state index is -3.43. The average Bonchev–Trinajstić information content (AvgIpc) is 2.59. The first kappa shape index (κ1) is 20.7. The molecule has 1 aliphatic rings. The molecule has 2 heterocycles. The Morgan fingerprint density at radius 1 is 1.15 bits per heavy atom. The van der Waals surface area contributed by atoms with E-state index in [2.05, 4.69) is 0 Å². The molecule has 1 unspecified atom stereocenters. The van der Waals surface area contributed by atoms with Crippen LogP contribution in [0.1, 0.15) is 26.3 Å². The van der Waals surface area contributed by atoms with E-state index in [0.29, 0.717) is 48.3 Å². The summed E-state index contributed by atoms with van der Waals surface area (Å²) in [6.07, 6.45) is 0. The normalized spacial score (nSPS) is 20.7. The van der Waals surface area contributed by atoms with Crippen molar-refractivity contribution in [1.82, 2.24) is 9.34 Å². The Balaban J connectivity index is 2.18. The lowest BCUT2D eigenvalue weighted by molar-refractivity contribution is 0.173. The molecule has 148 valence electrons. The van der Waals surface area contributed by atoms with Gasteiger partial charge in [0.1, 0.15) is 11.3 Å². The molecule has 6 nitrogen and oxygen atoms in total. The van der Waals surface area contributed by atoms with Crippen LogP contribution in [0.15, 0.2) is 33.5 Å². The zero-order valence-electron chi connectivity index (χ0n) is 15.6. The van der Waals surface area contributed by atoms with E-state index in [1.165, 1.54) is 6.07 Å². The predicted molar refractivity (Wildman–Crippen MR) is 109 cm³/mol. The third-order valence-electron chi connectivity index (χ3n) is 4.50. The maximum atomic E-state index is 14.1. The van der Waals surface area contributed by atoms with Gasteiger partial charge in [-0.2, -0.15) is 4.67 Å². The monoisotopic (exact) mass is 432 g/mol. The lowest BCUT2D eigenvalue weighted by Gasteiger charge is -2.47. The maximum Gasteiger partial charge on any atom is 0.396 e. The first-order valence-corrected chi connectivity index (χ1v) is 11.3. The summed E-state index contributed by atoms with van der Waals surface area (Å²) in [7, 11) is -3.43. The van der Waals surface area contributed by atoms with Gasteiger partial charge < -0.3 is 8.94 Å². The highest BCUT2D eigenvalue weighted by Gasteiger charge is 2.48. The number of halogens is 2. The first-order valence-electron chi connectivity index (χ1n) is 8.71. The first-order chi connectivity index (χ1) is 12.7. The van der Waals surface area contributed by atoms with Crippen LogP contribution in [0.5, 0.6) is 5.75 Å². The van der Waals surface area contributed by atoms with Crippen LogP contribution in [0.4, 0.5) is 0 Å². The molecule has 1 aromatic heterocycles. The number of hydrogen-bond donors (Lipinski definition) is 0. The highest BCUT2D eigenvalue weighted by Crippen LogP contribution is 2.61. The topological polar surface area (TPSA) is 63.0 Å². The molecule has 0 aliphatic carbocycles. The molecular formula is C18H23Cl2N2O4P. The lowest BCUT2D eigenvalue weighted by Crippen LogP contribution is -2.47. The second-order valence-corrected chi connectivity index (χ2v) is 10.3. The Labute approximate surface area is 168 Å². The van der Waals surface area contributed by atoms with Gasteiger partial charge in [-0.15, -0.1) is 23.2 Å². The second kappa shape index (κ2) is 7.76. The fourth-order valence-electron chi connectivity index (χ4n) is 3.21. The molecule has 2 aromatic rings. The van der Waals surface area contributed by atoms with E-state index >= 15 is 0 Å². The van der Waals surface area contributed by atoms with E-state index in [9.17, 15) is 9.36 Å². The van der Waals surface area contributed by atoms with E-state index in [-0.39, 0.29) is 0 Å². The molecule has 0 fully saturated rings. The molecule has 0 bridgehead atoms. The SMILES string of the molecule is CC(C)(C)N1Cc2c(ccc3ccc(=O)oc23)OP1(=O)N(CCCl)CCCl. The van der Waals surface area contributed by atoms with Crippen LogP contribution < -0.4 is 10.1 Å². The Morgan fingerprint density at radius 3 is 2.37 bits per heavy atom. The van der Waals surface area contributed by atoms with Crippen LogP contribution in [0.3, 0.4) is 0 Å². The number of hydrogen-bond acceptors (Lipinski definition) is 4. The van der Waals surface area contributed by atoms with E-state index in [4.69, 9.17) is 32.1 Å². The van der Waals surface area contributed by atoms with Crippen molar-refractivity contribution in [2.75, 3.05) is 24.8 Å². The van der Waals surface area contributed by atoms with Crippen molar-refractivity contribution in [2.24, 2.45) is 0 Å². The highest BCUT2D eigenvalue weighted by molar-refractivity contribution is 7.54. The van der Waals surface area contributed by atoms with Gasteiger partial charge in [0.2, 0.25) is 0 Å². The summed E-state index contributed by atoms with van der Waals surface area (Å²) in [4.78, 5) is 11.7. The standard InChI is InChI=1S/C18H23Cl2N2O4P/c1-18(2,3)22-12-14-15(6-4-13-5-7-16(23)25-17(13)14)26-27(22,24)21(10-8-19)11-9-20/h4-7H,8-12H2,1-3H3. The molecule has 27 heavy (non-hydrogen) atoms. The largest absolute Gasteiger partial charge is 0.422 e. The van der Waals surface area contributed by atoms with Crippen molar-refractivity contribution in [3.8, 4) is 5.75 Å². The molecule has 0 radical (unpaired) electrons. The van der Waals surface area contributed by atoms with Gasteiger partial charge in [-0.1, -0.05) is 0 Å². The molecule has 1 aromatic carbocycles. The Kier molecular flexibility index (Phi) is 5.95. The summed E-state index contributed by atoms with van der Waals surface area (Å²) < 4.78 is 29.1. The fraction of sp³-hybridized carbons (Fsp3) is 0.500. The molecule has 3 rings (SSSR count). The van der Waals surface area contributed by atoms with Crippen LogP contribution in [0, 0.1) is 0 Å². The van der Waals surface area contributed by atoms with E-state index in [1.54, 1.807) is 22.9 Å². The quantitative estimate of drug-likeness (QED) is 0.388. The summed E-state index contributed by atoms with van der Waals surface area (Å²) in [5, 5.41) is 0.793. The van der Waals surface area contributed by atoms with Crippen LogP contribution in [-0.2, 0) is 11.1 Å². The van der Waals surface area contributed by atoms with Crippen molar-refractivity contribution in [2.45, 2.75) is 32.9 Å². The van der Waals surface area contributed by atoms with Crippen molar-refractivity contribution in [3.05, 3.63) is 40.2 Å². The Bertz CT molecular complexity index is 935. The van der Waals surface area contributed by atoms with Crippen LogP contribution >= 0.6 is 30.9 Å². The van der Waals surface area contributed by atoms with Gasteiger partial charge in [0, 0.05) is 48.4 Å². The van der Waals surface area contributed by atoms with Crippen molar-refractivity contribution in [1.29, 1.82) is 0 Å². The molecule has 0 spiro atoms. The summed E-state index contributed by atoms with van der Waals surface area (Å²) in [6, 6.07) is 6.66. The zero-order valence-corrected chi connectivity index (χ0v) is 18.0. The summed E-state index contributed by atoms with van der Waals surface area (Å²) in [5.74, 6) is 1.07. The summed E-state index contributed by atoms with van der Waals surface area (Å²) >= 11 is 11.9. The lowest BCUT2D eigenvalue weighted by atomic mass is 10.1. The number of benzene rings is 1. The van der Waals surface area contributed by atoms with Gasteiger partial charge in [-0.05, 0) is 39.0 Å². The van der Waals surface area contributed by atoms with E-state index in [1.807, 2.05) is 25.4 Å². The Morgan fingerprint density at radius 2 is 1.78 bits per heavy atom. The van der Waals surface area contributed by atoms with Gasteiger partial charge in [0.15, 0.2) is 0 Å². The molecule has 0 saturated heterocycles. The van der Waals surface area contributed by atoms with Gasteiger partial charge in [0.25, 0.3) is 0 Å². The highest BCUT2D eigenvalue weighted by atomic mass is 35.5. The maximum absolute atomic E-state index is 14.1. The molecule has 1 atom stereocenters. The molecule has 1 aliphatic heterocycles. The Hall–Kier alpha value is -1.04. The number of nitrogens with zero attached hydrogens (tertiary/aromatic N) is 2. The van der Waals surface area contributed by atoms with Crippen molar-refractivity contribution < 1.29 is 13.5 Å². The molecular weight excluding hydrogens is 410 g/mol. The van der Waals surface area contributed by atoms with Gasteiger partial charge in [0.05, 0.1) is 5.56 Å². The fourth-order valence-corrected chi connectivity index (χ4v) is 6.58. The minimum Gasteiger partial charge on any atom is -0.422 e. The predicted octanol–water partition coefficient (Wildman–Crippen LogP) is 4.67. The van der Waals surface area contributed by atoms with Gasteiger partial charge >= 0.3 is 13.3 Å². The number of rotatable bonds is 5. The molecule has 0 N–H and O–H groups in total. The van der Waals surface area contributed by atoms with Crippen LogP contribution in [-0.4, -0.2) is 39.7 Å². The summed E-state index contributed by atoms with van der Waals surface area (Å²) in [5.41, 5.74) is 0.268. The smallest absolute Gasteiger partial charge is 0.396 e. The second-order valence-electron chi connectivity index (χ2n) is 7.36. The van der Waals surface area contributed by atoms with Crippen LogP contribution in [0.2, 0.25) is 0 Å². The van der Waals surface area contributed by atoms with Crippen LogP contribution in [0.25, 0.3) is 11.0 Å². The van der Waals surface area contributed by atoms with E-state index < -0.39 is 18.8 Å². The van der Waals surface area contributed by atoms with Gasteiger partial charge in [-0.3, -0.25) is 0 Å². The van der Waals surface area contributed by atoms with Gasteiger partial charge in [-0.25, -0.2) is 14.0 Å². The third-order valence-corrected chi connectivity index (χ3v) is 7.74.